The van der Waals surface area contributed by atoms with E-state index in [4.69, 9.17) is 9.16 Å². The zero-order valence-corrected chi connectivity index (χ0v) is 15.6. The summed E-state index contributed by atoms with van der Waals surface area (Å²) in [5, 5.41) is 0. The Morgan fingerprint density at radius 3 is 1.86 bits per heavy atom. The molecule has 0 fully saturated rings. The molecule has 0 atom stereocenters. The molecule has 0 bridgehead atoms. The van der Waals surface area contributed by atoms with E-state index in [1.54, 1.807) is 7.11 Å². The van der Waals surface area contributed by atoms with E-state index in [-0.39, 0.29) is 0 Å². The van der Waals surface area contributed by atoms with Crippen molar-refractivity contribution >= 4 is 14.4 Å². The monoisotopic (exact) mass is 306 g/mol. The number of ether oxygens (including phenoxy) is 1. The lowest BCUT2D eigenvalue weighted by molar-refractivity contribution is 0.383. The molecule has 3 heteroatoms. The molecule has 0 unspecified atom stereocenters. The number of hydrogen-bond donors (Lipinski definition) is 0. The summed E-state index contributed by atoms with van der Waals surface area (Å²) in [6, 6.07) is 6.01. The standard InChI is InChI=1S/C18H30O2Si/c1-9-16-10-11-17(19-8)18(12-16)20-21(13(2)3,14(4)5)15(6)7/h9-15H,1H2,2-8H3. The molecule has 1 rings (SSSR count). The first-order chi connectivity index (χ1) is 9.79. The first-order valence-corrected chi connectivity index (χ1v) is 9.93. The van der Waals surface area contributed by atoms with E-state index < -0.39 is 8.32 Å². The largest absolute Gasteiger partial charge is 0.540 e. The van der Waals surface area contributed by atoms with Gasteiger partial charge < -0.3 is 9.16 Å². The van der Waals surface area contributed by atoms with Crippen molar-refractivity contribution in [3.8, 4) is 11.5 Å². The smallest absolute Gasteiger partial charge is 0.258 e. The van der Waals surface area contributed by atoms with Crippen LogP contribution in [0.15, 0.2) is 24.8 Å². The minimum Gasteiger partial charge on any atom is -0.540 e. The first-order valence-electron chi connectivity index (χ1n) is 7.79. The van der Waals surface area contributed by atoms with Gasteiger partial charge >= 0.3 is 0 Å². The van der Waals surface area contributed by atoms with Gasteiger partial charge in [-0.1, -0.05) is 60.3 Å². The number of benzene rings is 1. The molecule has 0 spiro atoms. The van der Waals surface area contributed by atoms with Crippen LogP contribution in [0, 0.1) is 0 Å². The molecule has 0 radical (unpaired) electrons. The van der Waals surface area contributed by atoms with Crippen LogP contribution in [-0.4, -0.2) is 15.4 Å². The summed E-state index contributed by atoms with van der Waals surface area (Å²) in [4.78, 5) is 0. The fourth-order valence-electron chi connectivity index (χ4n) is 3.44. The number of methoxy groups -OCH3 is 1. The molecule has 1 aromatic rings. The fraction of sp³-hybridized carbons (Fsp3) is 0.556. The molecule has 0 N–H and O–H groups in total. The van der Waals surface area contributed by atoms with E-state index in [1.165, 1.54) is 0 Å². The minimum absolute atomic E-state index is 0.537. The molecule has 21 heavy (non-hydrogen) atoms. The highest BCUT2D eigenvalue weighted by Crippen LogP contribution is 2.44. The second kappa shape index (κ2) is 7.17. The lowest BCUT2D eigenvalue weighted by atomic mass is 10.2. The van der Waals surface area contributed by atoms with Crippen molar-refractivity contribution in [2.75, 3.05) is 7.11 Å². The molecular weight excluding hydrogens is 276 g/mol. The van der Waals surface area contributed by atoms with Crippen molar-refractivity contribution in [3.05, 3.63) is 30.3 Å². The Hall–Kier alpha value is -1.22. The van der Waals surface area contributed by atoms with Crippen molar-refractivity contribution in [1.82, 2.24) is 0 Å². The zero-order valence-electron chi connectivity index (χ0n) is 14.6. The predicted octanol–water partition coefficient (Wildman–Crippen LogP) is 5.89. The highest BCUT2D eigenvalue weighted by atomic mass is 28.4. The van der Waals surface area contributed by atoms with Crippen LogP contribution in [-0.2, 0) is 0 Å². The highest BCUT2D eigenvalue weighted by molar-refractivity contribution is 6.78. The van der Waals surface area contributed by atoms with Crippen molar-refractivity contribution in [3.63, 3.8) is 0 Å². The molecule has 118 valence electrons. The lowest BCUT2D eigenvalue weighted by Gasteiger charge is -2.42. The van der Waals surface area contributed by atoms with Gasteiger partial charge in [-0.2, -0.15) is 0 Å². The van der Waals surface area contributed by atoms with Crippen molar-refractivity contribution in [1.29, 1.82) is 0 Å². The third-order valence-corrected chi connectivity index (χ3v) is 10.4. The average molecular weight is 307 g/mol. The molecular formula is C18H30O2Si. The van der Waals surface area contributed by atoms with Crippen LogP contribution < -0.4 is 9.16 Å². The third kappa shape index (κ3) is 3.51. The average Bonchev–Trinajstić information content (AvgIpc) is 2.43. The molecule has 0 aliphatic rings. The summed E-state index contributed by atoms with van der Waals surface area (Å²) in [6.45, 7) is 17.6. The predicted molar refractivity (Wildman–Crippen MR) is 94.8 cm³/mol. The van der Waals surface area contributed by atoms with Crippen LogP contribution >= 0.6 is 0 Å². The van der Waals surface area contributed by atoms with Crippen molar-refractivity contribution in [2.45, 2.75) is 58.2 Å². The third-order valence-electron chi connectivity index (χ3n) is 4.42. The van der Waals surface area contributed by atoms with E-state index in [0.29, 0.717) is 16.6 Å². The Morgan fingerprint density at radius 2 is 1.48 bits per heavy atom. The number of rotatable bonds is 7. The van der Waals surface area contributed by atoms with Crippen molar-refractivity contribution < 1.29 is 9.16 Å². The Bertz CT molecular complexity index is 456. The molecule has 0 heterocycles. The molecule has 0 aromatic heterocycles. The maximum absolute atomic E-state index is 6.72. The van der Waals surface area contributed by atoms with Crippen molar-refractivity contribution in [2.24, 2.45) is 0 Å². The van der Waals surface area contributed by atoms with Gasteiger partial charge in [-0.05, 0) is 34.3 Å². The zero-order chi connectivity index (χ0) is 16.2. The van der Waals surface area contributed by atoms with Gasteiger partial charge in [0.2, 0.25) is 0 Å². The molecule has 0 aliphatic carbocycles. The van der Waals surface area contributed by atoms with Crippen LogP contribution in [0.4, 0.5) is 0 Å². The molecule has 0 amide bonds. The SMILES string of the molecule is C=Cc1ccc(OC)c(O[Si](C(C)C)(C(C)C)C(C)C)c1. The van der Waals surface area contributed by atoms with E-state index in [9.17, 15) is 0 Å². The quantitative estimate of drug-likeness (QED) is 0.584. The normalized spacial score (nSPS) is 12.1. The van der Waals surface area contributed by atoms with Gasteiger partial charge in [0.15, 0.2) is 5.75 Å². The number of hydrogen-bond acceptors (Lipinski definition) is 2. The van der Waals surface area contributed by atoms with Crippen LogP contribution in [0.25, 0.3) is 6.08 Å². The first kappa shape index (κ1) is 17.8. The van der Waals surface area contributed by atoms with E-state index in [2.05, 4.69) is 48.1 Å². The molecule has 1 aromatic carbocycles. The maximum atomic E-state index is 6.72. The molecule has 0 aliphatic heterocycles. The lowest BCUT2D eigenvalue weighted by Crippen LogP contribution is -2.50. The minimum atomic E-state index is -1.97. The topological polar surface area (TPSA) is 18.5 Å². The van der Waals surface area contributed by atoms with Crippen LogP contribution in [0.1, 0.15) is 47.1 Å². The van der Waals surface area contributed by atoms with Gasteiger partial charge in [-0.25, -0.2) is 0 Å². The second-order valence-electron chi connectivity index (χ2n) is 6.53. The Morgan fingerprint density at radius 1 is 0.952 bits per heavy atom. The summed E-state index contributed by atoms with van der Waals surface area (Å²) in [5.41, 5.74) is 2.67. The van der Waals surface area contributed by atoms with Gasteiger partial charge in [-0.15, -0.1) is 0 Å². The summed E-state index contributed by atoms with van der Waals surface area (Å²) in [5.74, 6) is 1.66. The second-order valence-corrected chi connectivity index (χ2v) is 11.9. The van der Waals surface area contributed by atoms with Gasteiger partial charge in [0.05, 0.1) is 7.11 Å². The molecule has 0 saturated carbocycles. The Labute approximate surface area is 131 Å². The van der Waals surface area contributed by atoms with Gasteiger partial charge in [-0.3, -0.25) is 0 Å². The van der Waals surface area contributed by atoms with Crippen LogP contribution in [0.2, 0.25) is 16.6 Å². The van der Waals surface area contributed by atoms with E-state index >= 15 is 0 Å². The summed E-state index contributed by atoms with van der Waals surface area (Å²) >= 11 is 0. The van der Waals surface area contributed by atoms with Crippen LogP contribution in [0.3, 0.4) is 0 Å². The highest BCUT2D eigenvalue weighted by Gasteiger charge is 2.47. The van der Waals surface area contributed by atoms with E-state index in [1.807, 2.05) is 24.3 Å². The van der Waals surface area contributed by atoms with E-state index in [0.717, 1.165) is 17.1 Å². The molecule has 2 nitrogen and oxygen atoms in total. The fourth-order valence-corrected chi connectivity index (χ4v) is 8.69. The van der Waals surface area contributed by atoms with Gasteiger partial charge in [0.25, 0.3) is 8.32 Å². The summed E-state index contributed by atoms with van der Waals surface area (Å²) in [7, 11) is -0.272. The van der Waals surface area contributed by atoms with Crippen LogP contribution in [0.5, 0.6) is 11.5 Å². The van der Waals surface area contributed by atoms with Gasteiger partial charge in [0, 0.05) is 0 Å². The van der Waals surface area contributed by atoms with Gasteiger partial charge in [0.1, 0.15) is 5.75 Å². The Balaban J connectivity index is 3.35. The molecule has 0 saturated heterocycles. The maximum Gasteiger partial charge on any atom is 0.258 e. The summed E-state index contributed by atoms with van der Waals surface area (Å²) < 4.78 is 12.2. The summed E-state index contributed by atoms with van der Waals surface area (Å²) in [6.07, 6.45) is 1.84. The Kier molecular flexibility index (Phi) is 6.08.